The number of cyclic esters (lactones) is 1. The maximum atomic E-state index is 12.5. The number of ether oxygens (including phenoxy) is 1. The molecule has 0 aromatic rings. The summed E-state index contributed by atoms with van der Waals surface area (Å²) in [6.07, 6.45) is 2.43. The summed E-state index contributed by atoms with van der Waals surface area (Å²) in [6.45, 7) is 9.26. The zero-order chi connectivity index (χ0) is 16.7. The molecular formula is C16H32ClN3O3. The van der Waals surface area contributed by atoms with E-state index in [2.05, 4.69) is 24.5 Å². The van der Waals surface area contributed by atoms with Crippen molar-refractivity contribution >= 4 is 24.3 Å². The topological polar surface area (TPSA) is 93.4 Å². The van der Waals surface area contributed by atoms with Crippen LogP contribution in [0.4, 0.5) is 0 Å². The van der Waals surface area contributed by atoms with Gasteiger partial charge < -0.3 is 21.1 Å². The third-order valence-corrected chi connectivity index (χ3v) is 4.70. The lowest BCUT2D eigenvalue weighted by Crippen LogP contribution is -2.54. The molecule has 0 aromatic heterocycles. The number of nitrogens with one attached hydrogen (secondary N) is 2. The highest BCUT2D eigenvalue weighted by molar-refractivity contribution is 5.88. The van der Waals surface area contributed by atoms with Crippen molar-refractivity contribution in [2.75, 3.05) is 13.2 Å². The first-order chi connectivity index (χ1) is 10.4. The molecular weight excluding hydrogens is 318 g/mol. The van der Waals surface area contributed by atoms with Crippen LogP contribution < -0.4 is 16.4 Å². The van der Waals surface area contributed by atoms with Crippen LogP contribution in [0, 0.1) is 11.8 Å². The van der Waals surface area contributed by atoms with Gasteiger partial charge in [-0.2, -0.15) is 0 Å². The van der Waals surface area contributed by atoms with Gasteiger partial charge in [0.1, 0.15) is 6.04 Å². The molecule has 0 spiro atoms. The normalized spacial score (nSPS) is 22.5. The number of esters is 1. The molecule has 1 saturated heterocycles. The summed E-state index contributed by atoms with van der Waals surface area (Å²) < 4.78 is 4.88. The molecule has 0 aromatic carbocycles. The van der Waals surface area contributed by atoms with Crippen molar-refractivity contribution in [2.24, 2.45) is 17.6 Å². The summed E-state index contributed by atoms with van der Waals surface area (Å²) in [7, 11) is 0. The Kier molecular flexibility index (Phi) is 10.4. The van der Waals surface area contributed by atoms with Crippen molar-refractivity contribution in [3.63, 3.8) is 0 Å². The highest BCUT2D eigenvalue weighted by Gasteiger charge is 2.32. The molecule has 1 aliphatic rings. The number of hydrogen-bond acceptors (Lipinski definition) is 5. The van der Waals surface area contributed by atoms with Crippen molar-refractivity contribution < 1.29 is 14.3 Å². The van der Waals surface area contributed by atoms with Crippen molar-refractivity contribution in [3.8, 4) is 0 Å². The molecule has 1 aliphatic heterocycles. The Labute approximate surface area is 145 Å². The monoisotopic (exact) mass is 349 g/mol. The minimum atomic E-state index is -0.510. The largest absolute Gasteiger partial charge is 0.464 e. The molecule has 0 saturated carbocycles. The molecule has 7 heteroatoms. The summed E-state index contributed by atoms with van der Waals surface area (Å²) in [5, 5.41) is 6.08. The average molecular weight is 350 g/mol. The second-order valence-corrected chi connectivity index (χ2v) is 6.34. The van der Waals surface area contributed by atoms with E-state index in [1.807, 2.05) is 13.8 Å². The van der Waals surface area contributed by atoms with Crippen molar-refractivity contribution in [1.29, 1.82) is 0 Å². The third-order valence-electron chi connectivity index (χ3n) is 4.70. The predicted molar refractivity (Wildman–Crippen MR) is 93.4 cm³/mol. The van der Waals surface area contributed by atoms with E-state index in [1.165, 1.54) is 0 Å². The minimum Gasteiger partial charge on any atom is -0.464 e. The van der Waals surface area contributed by atoms with Crippen LogP contribution >= 0.6 is 12.4 Å². The van der Waals surface area contributed by atoms with Crippen LogP contribution in [0.3, 0.4) is 0 Å². The molecule has 6 nitrogen and oxygen atoms in total. The lowest BCUT2D eigenvalue weighted by Gasteiger charge is -2.27. The minimum absolute atomic E-state index is 0. The standard InChI is InChI=1S/C16H31N3O3.ClH/c1-5-10(3)12(17)9-18-14(11(4)6-2)15(20)19-13-7-8-22-16(13)21;/h10-14,18H,5-9,17H2,1-4H3,(H,19,20);1H/t10?,11-,12?,13?,14-;/m0./s1. The van der Waals surface area contributed by atoms with Gasteiger partial charge >= 0.3 is 5.97 Å². The van der Waals surface area contributed by atoms with Crippen molar-refractivity contribution in [1.82, 2.24) is 10.6 Å². The Balaban J connectivity index is 0.00000484. The summed E-state index contributed by atoms with van der Waals surface area (Å²) in [5.74, 6) is 0.0848. The first-order valence-corrected chi connectivity index (χ1v) is 8.36. The van der Waals surface area contributed by atoms with Crippen molar-refractivity contribution in [2.45, 2.75) is 65.1 Å². The Hall–Kier alpha value is -0.850. The maximum Gasteiger partial charge on any atom is 0.328 e. The number of halogens is 1. The summed E-state index contributed by atoms with van der Waals surface area (Å²) >= 11 is 0. The molecule has 1 amide bonds. The van der Waals surface area contributed by atoms with Crippen molar-refractivity contribution in [3.05, 3.63) is 0 Å². The molecule has 1 fully saturated rings. The molecule has 4 N–H and O–H groups in total. The van der Waals surface area contributed by atoms with E-state index in [-0.39, 0.29) is 42.3 Å². The van der Waals surface area contributed by atoms with Crippen LogP contribution in [0.2, 0.25) is 0 Å². The zero-order valence-electron chi connectivity index (χ0n) is 14.6. The molecule has 5 atom stereocenters. The Morgan fingerprint density at radius 2 is 1.91 bits per heavy atom. The first-order valence-electron chi connectivity index (χ1n) is 8.36. The Morgan fingerprint density at radius 3 is 2.39 bits per heavy atom. The van der Waals surface area contributed by atoms with E-state index in [4.69, 9.17) is 10.5 Å². The van der Waals surface area contributed by atoms with E-state index in [1.54, 1.807) is 0 Å². The van der Waals surface area contributed by atoms with E-state index in [9.17, 15) is 9.59 Å². The number of amides is 1. The van der Waals surface area contributed by atoms with E-state index >= 15 is 0 Å². The fraction of sp³-hybridized carbons (Fsp3) is 0.875. The van der Waals surface area contributed by atoms with E-state index in [0.717, 1.165) is 12.8 Å². The van der Waals surface area contributed by atoms with E-state index < -0.39 is 6.04 Å². The van der Waals surface area contributed by atoms with E-state index in [0.29, 0.717) is 25.5 Å². The predicted octanol–water partition coefficient (Wildman–Crippen LogP) is 1.22. The van der Waals surface area contributed by atoms with Gasteiger partial charge in [-0.15, -0.1) is 12.4 Å². The van der Waals surface area contributed by atoms with Crippen LogP contribution in [0.5, 0.6) is 0 Å². The SMILES string of the molecule is CCC(C)C(N)CN[C@H](C(=O)NC1CCOC1=O)[C@@H](C)CC.Cl. The first kappa shape index (κ1) is 22.1. The van der Waals surface area contributed by atoms with Crippen LogP contribution in [-0.2, 0) is 14.3 Å². The number of rotatable bonds is 9. The Bertz CT molecular complexity index is 382. The highest BCUT2D eigenvalue weighted by atomic mass is 35.5. The van der Waals surface area contributed by atoms with Gasteiger partial charge in [0, 0.05) is 19.0 Å². The lowest BCUT2D eigenvalue weighted by atomic mass is 9.95. The second-order valence-electron chi connectivity index (χ2n) is 6.34. The quantitative estimate of drug-likeness (QED) is 0.544. The number of carbonyl (C=O) groups is 2. The number of hydrogen-bond donors (Lipinski definition) is 3. The maximum absolute atomic E-state index is 12.5. The highest BCUT2D eigenvalue weighted by Crippen LogP contribution is 2.12. The summed E-state index contributed by atoms with van der Waals surface area (Å²) in [5.41, 5.74) is 6.14. The van der Waals surface area contributed by atoms with Crippen LogP contribution in [0.25, 0.3) is 0 Å². The average Bonchev–Trinajstić information content (AvgIpc) is 2.91. The van der Waals surface area contributed by atoms with Crippen LogP contribution in [0.15, 0.2) is 0 Å². The molecule has 1 heterocycles. The second kappa shape index (κ2) is 10.8. The molecule has 23 heavy (non-hydrogen) atoms. The van der Waals surface area contributed by atoms with Gasteiger partial charge in [-0.25, -0.2) is 4.79 Å². The summed E-state index contributed by atoms with van der Waals surface area (Å²) in [6, 6.07) is -0.835. The van der Waals surface area contributed by atoms with Gasteiger partial charge in [0.25, 0.3) is 0 Å². The molecule has 1 rings (SSSR count). The molecule has 136 valence electrons. The molecule has 0 bridgehead atoms. The van der Waals surface area contributed by atoms with Gasteiger partial charge in [-0.1, -0.05) is 40.5 Å². The smallest absolute Gasteiger partial charge is 0.328 e. The van der Waals surface area contributed by atoms with Crippen LogP contribution in [0.1, 0.15) is 47.0 Å². The molecule has 0 aliphatic carbocycles. The van der Waals surface area contributed by atoms with Crippen LogP contribution in [-0.4, -0.2) is 43.2 Å². The number of nitrogens with two attached hydrogens (primary N) is 1. The lowest BCUT2D eigenvalue weighted by molar-refractivity contribution is -0.141. The summed E-state index contributed by atoms with van der Waals surface area (Å²) in [4.78, 5) is 24.0. The molecule has 3 unspecified atom stereocenters. The van der Waals surface area contributed by atoms with Gasteiger partial charge in [-0.05, 0) is 11.8 Å². The van der Waals surface area contributed by atoms with Gasteiger partial charge in [0.05, 0.1) is 12.6 Å². The number of carbonyl (C=O) groups excluding carboxylic acids is 2. The zero-order valence-corrected chi connectivity index (χ0v) is 15.4. The fourth-order valence-electron chi connectivity index (χ4n) is 2.44. The third kappa shape index (κ3) is 6.65. The van der Waals surface area contributed by atoms with Gasteiger partial charge in [0.15, 0.2) is 0 Å². The molecule has 0 radical (unpaired) electrons. The van der Waals surface area contributed by atoms with Gasteiger partial charge in [0.2, 0.25) is 5.91 Å². The fourth-order valence-corrected chi connectivity index (χ4v) is 2.44. The van der Waals surface area contributed by atoms with Gasteiger partial charge in [-0.3, -0.25) is 4.79 Å². The Morgan fingerprint density at radius 1 is 1.30 bits per heavy atom.